The molecule has 134 valence electrons. The summed E-state index contributed by atoms with van der Waals surface area (Å²) in [4.78, 5) is 2.30. The van der Waals surface area contributed by atoms with E-state index in [1.165, 1.54) is 17.7 Å². The Bertz CT molecular complexity index is 635. The SMILES string of the molecule is FC(F)(F)C(NC1CCN(Cc2ccccc2)CC1)c1ccccc1. The molecule has 2 nitrogen and oxygen atoms in total. The van der Waals surface area contributed by atoms with Crippen LogP contribution >= 0.6 is 0 Å². The first-order valence-electron chi connectivity index (χ1n) is 8.66. The van der Waals surface area contributed by atoms with Crippen LogP contribution in [0, 0.1) is 0 Å². The van der Waals surface area contributed by atoms with Crippen LogP contribution in [0.5, 0.6) is 0 Å². The molecular formula is C20H23F3N2. The Morgan fingerprint density at radius 1 is 0.920 bits per heavy atom. The molecule has 0 radical (unpaired) electrons. The number of rotatable bonds is 5. The number of alkyl halides is 3. The summed E-state index contributed by atoms with van der Waals surface area (Å²) in [5.41, 5.74) is 1.52. The largest absolute Gasteiger partial charge is 0.407 e. The van der Waals surface area contributed by atoms with E-state index in [4.69, 9.17) is 0 Å². The number of likely N-dealkylation sites (tertiary alicyclic amines) is 1. The first kappa shape index (κ1) is 18.0. The van der Waals surface area contributed by atoms with Crippen molar-refractivity contribution in [1.82, 2.24) is 10.2 Å². The molecule has 1 heterocycles. The van der Waals surface area contributed by atoms with Crippen LogP contribution in [0.1, 0.15) is 30.0 Å². The van der Waals surface area contributed by atoms with Crippen molar-refractivity contribution in [2.24, 2.45) is 0 Å². The molecule has 1 unspecified atom stereocenters. The Labute approximate surface area is 146 Å². The molecule has 1 atom stereocenters. The van der Waals surface area contributed by atoms with Gasteiger partial charge in [-0.15, -0.1) is 0 Å². The Morgan fingerprint density at radius 3 is 2.04 bits per heavy atom. The number of hydrogen-bond donors (Lipinski definition) is 1. The monoisotopic (exact) mass is 348 g/mol. The minimum absolute atomic E-state index is 0.112. The van der Waals surface area contributed by atoms with E-state index in [2.05, 4.69) is 22.3 Å². The summed E-state index contributed by atoms with van der Waals surface area (Å²) in [6.07, 6.45) is -2.83. The third-order valence-corrected chi connectivity index (χ3v) is 4.70. The summed E-state index contributed by atoms with van der Waals surface area (Å²) in [5.74, 6) is 0. The highest BCUT2D eigenvalue weighted by atomic mass is 19.4. The van der Waals surface area contributed by atoms with E-state index in [0.29, 0.717) is 0 Å². The third-order valence-electron chi connectivity index (χ3n) is 4.70. The smallest absolute Gasteiger partial charge is 0.300 e. The molecule has 0 aromatic heterocycles. The summed E-state index contributed by atoms with van der Waals surface area (Å²) in [5, 5.41) is 2.84. The standard InChI is InChI=1S/C20H23F3N2/c21-20(22,23)19(17-9-5-2-6-10-17)24-18-11-13-25(14-12-18)15-16-7-3-1-4-8-16/h1-10,18-19,24H,11-15H2. The van der Waals surface area contributed by atoms with E-state index in [0.717, 1.165) is 32.5 Å². The minimum atomic E-state index is -4.29. The molecule has 0 spiro atoms. The molecule has 1 N–H and O–H groups in total. The second-order valence-corrected chi connectivity index (χ2v) is 6.59. The van der Waals surface area contributed by atoms with Crippen molar-refractivity contribution < 1.29 is 13.2 Å². The number of nitrogens with one attached hydrogen (secondary N) is 1. The second-order valence-electron chi connectivity index (χ2n) is 6.59. The lowest BCUT2D eigenvalue weighted by molar-refractivity contribution is -0.160. The highest BCUT2D eigenvalue weighted by Gasteiger charge is 2.42. The quantitative estimate of drug-likeness (QED) is 0.853. The molecule has 1 saturated heterocycles. The first-order chi connectivity index (χ1) is 12.0. The van der Waals surface area contributed by atoms with E-state index < -0.39 is 12.2 Å². The van der Waals surface area contributed by atoms with Crippen LogP contribution in [-0.4, -0.2) is 30.2 Å². The predicted octanol–water partition coefficient (Wildman–Crippen LogP) is 4.54. The topological polar surface area (TPSA) is 15.3 Å². The normalized spacial score (nSPS) is 18.2. The van der Waals surface area contributed by atoms with Crippen LogP contribution in [0.3, 0.4) is 0 Å². The molecule has 3 rings (SSSR count). The molecule has 1 fully saturated rings. The fourth-order valence-electron chi connectivity index (χ4n) is 3.36. The van der Waals surface area contributed by atoms with Gasteiger partial charge in [0.2, 0.25) is 0 Å². The van der Waals surface area contributed by atoms with Crippen molar-refractivity contribution in [1.29, 1.82) is 0 Å². The molecular weight excluding hydrogens is 325 g/mol. The molecule has 0 amide bonds. The molecule has 0 aliphatic carbocycles. The van der Waals surface area contributed by atoms with E-state index in [1.54, 1.807) is 18.2 Å². The summed E-state index contributed by atoms with van der Waals surface area (Å²) in [6, 6.07) is 16.6. The van der Waals surface area contributed by atoms with E-state index in [1.807, 2.05) is 18.2 Å². The van der Waals surface area contributed by atoms with Crippen molar-refractivity contribution in [3.63, 3.8) is 0 Å². The van der Waals surface area contributed by atoms with Gasteiger partial charge in [0.1, 0.15) is 6.04 Å². The lowest BCUT2D eigenvalue weighted by Crippen LogP contribution is -2.46. The highest BCUT2D eigenvalue weighted by Crippen LogP contribution is 2.33. The van der Waals surface area contributed by atoms with Crippen molar-refractivity contribution in [3.8, 4) is 0 Å². The van der Waals surface area contributed by atoms with Gasteiger partial charge >= 0.3 is 6.18 Å². The maximum Gasteiger partial charge on any atom is 0.407 e. The van der Waals surface area contributed by atoms with Crippen LogP contribution < -0.4 is 5.32 Å². The maximum absolute atomic E-state index is 13.5. The summed E-state index contributed by atoms with van der Waals surface area (Å²) in [6.45, 7) is 2.48. The molecule has 0 bridgehead atoms. The number of piperidine rings is 1. The van der Waals surface area contributed by atoms with Crippen molar-refractivity contribution in [2.45, 2.75) is 37.6 Å². The lowest BCUT2D eigenvalue weighted by atomic mass is 10.00. The van der Waals surface area contributed by atoms with Gasteiger partial charge < -0.3 is 0 Å². The van der Waals surface area contributed by atoms with Gasteiger partial charge in [-0.3, -0.25) is 10.2 Å². The number of nitrogens with zero attached hydrogens (tertiary/aromatic N) is 1. The predicted molar refractivity (Wildman–Crippen MR) is 93.1 cm³/mol. The zero-order chi connectivity index (χ0) is 17.7. The molecule has 0 saturated carbocycles. The van der Waals surface area contributed by atoms with Gasteiger partial charge in [0.25, 0.3) is 0 Å². The number of halogens is 3. The molecule has 25 heavy (non-hydrogen) atoms. The Hall–Kier alpha value is -1.85. The molecule has 2 aromatic rings. The maximum atomic E-state index is 13.5. The highest BCUT2D eigenvalue weighted by molar-refractivity contribution is 5.20. The lowest BCUT2D eigenvalue weighted by Gasteiger charge is -2.35. The molecule has 1 aliphatic heterocycles. The summed E-state index contributed by atoms with van der Waals surface area (Å²) >= 11 is 0. The average Bonchev–Trinajstić information content (AvgIpc) is 2.62. The van der Waals surface area contributed by atoms with Crippen molar-refractivity contribution in [2.75, 3.05) is 13.1 Å². The van der Waals surface area contributed by atoms with Gasteiger partial charge in [0.05, 0.1) is 0 Å². The number of benzene rings is 2. The first-order valence-corrected chi connectivity index (χ1v) is 8.66. The van der Waals surface area contributed by atoms with Crippen LogP contribution in [0.25, 0.3) is 0 Å². The van der Waals surface area contributed by atoms with Gasteiger partial charge in [-0.05, 0) is 37.1 Å². The zero-order valence-corrected chi connectivity index (χ0v) is 14.0. The summed E-state index contributed by atoms with van der Waals surface area (Å²) in [7, 11) is 0. The average molecular weight is 348 g/mol. The van der Waals surface area contributed by atoms with E-state index >= 15 is 0 Å². The molecule has 5 heteroatoms. The van der Waals surface area contributed by atoms with Crippen LogP contribution in [-0.2, 0) is 6.54 Å². The van der Waals surface area contributed by atoms with Crippen molar-refractivity contribution >= 4 is 0 Å². The Balaban J connectivity index is 1.56. The third kappa shape index (κ3) is 5.06. The van der Waals surface area contributed by atoms with Crippen molar-refractivity contribution in [3.05, 3.63) is 71.8 Å². The van der Waals surface area contributed by atoms with E-state index in [-0.39, 0.29) is 11.6 Å². The fraction of sp³-hybridized carbons (Fsp3) is 0.400. The van der Waals surface area contributed by atoms with E-state index in [9.17, 15) is 13.2 Å². The minimum Gasteiger partial charge on any atom is -0.300 e. The van der Waals surface area contributed by atoms with Gasteiger partial charge in [-0.1, -0.05) is 60.7 Å². The number of hydrogen-bond acceptors (Lipinski definition) is 2. The zero-order valence-electron chi connectivity index (χ0n) is 14.0. The van der Waals surface area contributed by atoms with Crippen LogP contribution in [0.4, 0.5) is 13.2 Å². The van der Waals surface area contributed by atoms with Gasteiger partial charge in [0.15, 0.2) is 0 Å². The fourth-order valence-corrected chi connectivity index (χ4v) is 3.36. The Morgan fingerprint density at radius 2 is 1.48 bits per heavy atom. The summed E-state index contributed by atoms with van der Waals surface area (Å²) < 4.78 is 40.4. The van der Waals surface area contributed by atoms with Gasteiger partial charge in [-0.2, -0.15) is 13.2 Å². The Kier molecular flexibility index (Phi) is 5.76. The molecule has 2 aromatic carbocycles. The van der Waals surface area contributed by atoms with Gasteiger partial charge in [-0.25, -0.2) is 0 Å². The van der Waals surface area contributed by atoms with Crippen LogP contribution in [0.2, 0.25) is 0 Å². The van der Waals surface area contributed by atoms with Crippen LogP contribution in [0.15, 0.2) is 60.7 Å². The second kappa shape index (κ2) is 8.02. The molecule has 1 aliphatic rings. The van der Waals surface area contributed by atoms with Gasteiger partial charge in [0, 0.05) is 12.6 Å².